The molecule has 3 aromatic rings. The predicted octanol–water partition coefficient (Wildman–Crippen LogP) is 2.29. The molecule has 0 amide bonds. The number of nitrogens with one attached hydrogen (secondary N) is 1. The summed E-state index contributed by atoms with van der Waals surface area (Å²) in [6, 6.07) is 11.6. The first-order valence-electron chi connectivity index (χ1n) is 8.81. The zero-order chi connectivity index (χ0) is 19.9. The van der Waals surface area contributed by atoms with Crippen LogP contribution < -0.4 is 4.90 Å². The Morgan fingerprint density at radius 3 is 2.50 bits per heavy atom. The molecule has 0 spiro atoms. The fourth-order valence-corrected chi connectivity index (χ4v) is 5.02. The number of piperazine rings is 1. The summed E-state index contributed by atoms with van der Waals surface area (Å²) in [5, 5.41) is 11.0. The first kappa shape index (κ1) is 18.4. The molecule has 146 valence electrons. The smallest absolute Gasteiger partial charge is 0.270 e. The van der Waals surface area contributed by atoms with Crippen molar-refractivity contribution in [2.24, 2.45) is 0 Å². The average molecular weight is 401 g/mol. The van der Waals surface area contributed by atoms with Crippen LogP contribution in [-0.4, -0.2) is 53.8 Å². The second-order valence-corrected chi connectivity index (χ2v) is 8.58. The molecule has 0 radical (unpaired) electrons. The van der Waals surface area contributed by atoms with Crippen LogP contribution in [0.4, 0.5) is 11.6 Å². The monoisotopic (exact) mass is 401 g/mol. The van der Waals surface area contributed by atoms with Gasteiger partial charge in [0.1, 0.15) is 0 Å². The lowest BCUT2D eigenvalue weighted by atomic mass is 10.2. The summed E-state index contributed by atoms with van der Waals surface area (Å²) in [5.41, 5.74) is 2.05. The number of benzene rings is 2. The Morgan fingerprint density at radius 1 is 1.11 bits per heavy atom. The molecule has 0 atom stereocenters. The molecule has 1 aliphatic heterocycles. The van der Waals surface area contributed by atoms with Crippen LogP contribution in [0.3, 0.4) is 0 Å². The number of aromatic nitrogens is 2. The Bertz CT molecular complexity index is 1120. The SMILES string of the molecule is Cc1ccc([N+](=O)[O-])cc1S(=O)(=O)N1CCN(c2nc3ccccc3[nH]2)CC1. The van der Waals surface area contributed by atoms with Crippen LogP contribution in [0.5, 0.6) is 0 Å². The lowest BCUT2D eigenvalue weighted by Gasteiger charge is -2.34. The van der Waals surface area contributed by atoms with Gasteiger partial charge in [-0.1, -0.05) is 18.2 Å². The molecule has 1 saturated heterocycles. The number of sulfonamides is 1. The summed E-state index contributed by atoms with van der Waals surface area (Å²) >= 11 is 0. The van der Waals surface area contributed by atoms with E-state index in [2.05, 4.69) is 9.97 Å². The van der Waals surface area contributed by atoms with Gasteiger partial charge in [0, 0.05) is 38.3 Å². The van der Waals surface area contributed by atoms with E-state index in [9.17, 15) is 18.5 Å². The summed E-state index contributed by atoms with van der Waals surface area (Å²) in [6.07, 6.45) is 0. The highest BCUT2D eigenvalue weighted by Gasteiger charge is 2.31. The molecule has 2 aromatic carbocycles. The Labute approximate surface area is 161 Å². The molecule has 1 aliphatic rings. The van der Waals surface area contributed by atoms with E-state index in [4.69, 9.17) is 0 Å². The van der Waals surface area contributed by atoms with Crippen LogP contribution in [0.1, 0.15) is 5.56 Å². The van der Waals surface area contributed by atoms with Gasteiger partial charge in [0.25, 0.3) is 5.69 Å². The number of nitrogens with zero attached hydrogens (tertiary/aromatic N) is 4. The standard InChI is InChI=1S/C18H19N5O4S/c1-13-6-7-14(23(24)25)12-17(13)28(26,27)22-10-8-21(9-11-22)18-19-15-4-2-3-5-16(15)20-18/h2-7,12H,8-11H2,1H3,(H,19,20). The second kappa shape index (κ2) is 6.88. The van der Waals surface area contributed by atoms with Crippen molar-refractivity contribution in [3.05, 3.63) is 58.1 Å². The van der Waals surface area contributed by atoms with Crippen LogP contribution in [0, 0.1) is 17.0 Å². The molecule has 0 aliphatic carbocycles. The van der Waals surface area contributed by atoms with E-state index in [0.29, 0.717) is 24.6 Å². The van der Waals surface area contributed by atoms with Crippen molar-refractivity contribution >= 4 is 32.7 Å². The third-order valence-electron chi connectivity index (χ3n) is 4.92. The summed E-state index contributed by atoms with van der Waals surface area (Å²) in [6.45, 7) is 3.16. The number of aromatic amines is 1. The molecule has 9 nitrogen and oxygen atoms in total. The van der Waals surface area contributed by atoms with Crippen LogP contribution >= 0.6 is 0 Å². The molecule has 0 saturated carbocycles. The van der Waals surface area contributed by atoms with Gasteiger partial charge in [0.05, 0.1) is 20.9 Å². The maximum atomic E-state index is 13.0. The minimum atomic E-state index is -3.81. The number of H-pyrrole nitrogens is 1. The van der Waals surface area contributed by atoms with E-state index in [-0.39, 0.29) is 23.7 Å². The lowest BCUT2D eigenvalue weighted by molar-refractivity contribution is -0.385. The van der Waals surface area contributed by atoms with E-state index in [1.807, 2.05) is 29.2 Å². The van der Waals surface area contributed by atoms with Crippen molar-refractivity contribution in [2.75, 3.05) is 31.1 Å². The number of para-hydroxylation sites is 2. The third kappa shape index (κ3) is 3.20. The quantitative estimate of drug-likeness (QED) is 0.530. The van der Waals surface area contributed by atoms with Crippen molar-refractivity contribution < 1.29 is 13.3 Å². The van der Waals surface area contributed by atoms with Gasteiger partial charge in [-0.15, -0.1) is 0 Å². The van der Waals surface area contributed by atoms with Crippen molar-refractivity contribution in [3.8, 4) is 0 Å². The van der Waals surface area contributed by atoms with Crippen LogP contribution in [-0.2, 0) is 10.0 Å². The van der Waals surface area contributed by atoms with E-state index < -0.39 is 14.9 Å². The molecule has 2 heterocycles. The highest BCUT2D eigenvalue weighted by Crippen LogP contribution is 2.26. The highest BCUT2D eigenvalue weighted by molar-refractivity contribution is 7.89. The summed E-state index contributed by atoms with van der Waals surface area (Å²) in [7, 11) is -3.81. The van der Waals surface area contributed by atoms with Crippen molar-refractivity contribution in [2.45, 2.75) is 11.8 Å². The van der Waals surface area contributed by atoms with Gasteiger partial charge in [-0.05, 0) is 24.6 Å². The molecule has 28 heavy (non-hydrogen) atoms. The van der Waals surface area contributed by atoms with E-state index in [1.165, 1.54) is 16.4 Å². The maximum Gasteiger partial charge on any atom is 0.270 e. The van der Waals surface area contributed by atoms with E-state index >= 15 is 0 Å². The van der Waals surface area contributed by atoms with Gasteiger partial charge in [-0.3, -0.25) is 10.1 Å². The van der Waals surface area contributed by atoms with Crippen LogP contribution in [0.25, 0.3) is 11.0 Å². The molecule has 1 aromatic heterocycles. The molecule has 1 N–H and O–H groups in total. The fourth-order valence-electron chi connectivity index (χ4n) is 3.35. The fraction of sp³-hybridized carbons (Fsp3) is 0.278. The molecular formula is C18H19N5O4S. The Balaban J connectivity index is 1.54. The highest BCUT2D eigenvalue weighted by atomic mass is 32.2. The Morgan fingerprint density at radius 2 is 1.82 bits per heavy atom. The average Bonchev–Trinajstić information content (AvgIpc) is 3.12. The first-order chi connectivity index (χ1) is 13.4. The molecular weight excluding hydrogens is 382 g/mol. The van der Waals surface area contributed by atoms with Crippen molar-refractivity contribution in [1.29, 1.82) is 0 Å². The predicted molar refractivity (Wildman–Crippen MR) is 105 cm³/mol. The topological polar surface area (TPSA) is 112 Å². The van der Waals surface area contributed by atoms with Crippen molar-refractivity contribution in [1.82, 2.24) is 14.3 Å². The van der Waals surface area contributed by atoms with Gasteiger partial charge >= 0.3 is 0 Å². The summed E-state index contributed by atoms with van der Waals surface area (Å²) in [4.78, 5) is 20.2. The zero-order valence-electron chi connectivity index (χ0n) is 15.2. The Hall–Kier alpha value is -2.98. The molecule has 1 fully saturated rings. The minimum Gasteiger partial charge on any atom is -0.340 e. The zero-order valence-corrected chi connectivity index (χ0v) is 16.0. The lowest BCUT2D eigenvalue weighted by Crippen LogP contribution is -2.49. The van der Waals surface area contributed by atoms with Gasteiger partial charge in [0.15, 0.2) is 0 Å². The van der Waals surface area contributed by atoms with Gasteiger partial charge in [0.2, 0.25) is 16.0 Å². The summed E-state index contributed by atoms with van der Waals surface area (Å²) in [5.74, 6) is 0.713. The number of hydrogen-bond donors (Lipinski definition) is 1. The van der Waals surface area contributed by atoms with E-state index in [0.717, 1.165) is 17.1 Å². The molecule has 4 rings (SSSR count). The normalized spacial score (nSPS) is 15.8. The number of imidazole rings is 1. The molecule has 0 unspecified atom stereocenters. The van der Waals surface area contributed by atoms with Crippen molar-refractivity contribution in [3.63, 3.8) is 0 Å². The number of non-ortho nitro benzene ring substituents is 1. The van der Waals surface area contributed by atoms with Gasteiger partial charge in [-0.25, -0.2) is 13.4 Å². The number of rotatable bonds is 4. The number of nitro benzene ring substituents is 1. The number of fused-ring (bicyclic) bond motifs is 1. The van der Waals surface area contributed by atoms with E-state index in [1.54, 1.807) is 6.92 Å². The minimum absolute atomic E-state index is 0.0149. The maximum absolute atomic E-state index is 13.0. The molecule has 0 bridgehead atoms. The third-order valence-corrected chi connectivity index (χ3v) is 6.96. The number of hydrogen-bond acceptors (Lipinski definition) is 6. The van der Waals surface area contributed by atoms with Crippen LogP contribution in [0.15, 0.2) is 47.4 Å². The largest absolute Gasteiger partial charge is 0.340 e. The first-order valence-corrected chi connectivity index (χ1v) is 10.2. The number of nitro groups is 1. The summed E-state index contributed by atoms with van der Waals surface area (Å²) < 4.78 is 27.4. The van der Waals surface area contributed by atoms with Gasteiger partial charge < -0.3 is 9.88 Å². The number of anilines is 1. The van der Waals surface area contributed by atoms with Crippen LogP contribution in [0.2, 0.25) is 0 Å². The molecule has 10 heteroatoms. The number of aryl methyl sites for hydroxylation is 1. The second-order valence-electron chi connectivity index (χ2n) is 6.68. The van der Waals surface area contributed by atoms with Gasteiger partial charge in [-0.2, -0.15) is 4.31 Å². The Kier molecular flexibility index (Phi) is 4.52.